The third-order valence-corrected chi connectivity index (χ3v) is 5.11. The van der Waals surface area contributed by atoms with Crippen LogP contribution in [0.3, 0.4) is 0 Å². The van der Waals surface area contributed by atoms with Crippen molar-refractivity contribution in [2.24, 2.45) is 0 Å². The molecule has 0 N–H and O–H groups in total. The fraction of sp³-hybridized carbons (Fsp3) is 0.375. The summed E-state index contributed by atoms with van der Waals surface area (Å²) in [6.07, 6.45) is 1.78. The Morgan fingerprint density at radius 1 is 1.23 bits per heavy atom. The lowest BCUT2D eigenvalue weighted by Crippen LogP contribution is -2.27. The molecule has 0 bridgehead atoms. The van der Waals surface area contributed by atoms with E-state index in [1.165, 1.54) is 4.90 Å². The fourth-order valence-electron chi connectivity index (χ4n) is 2.36. The number of carbonyl (C=O) groups excluding carboxylic acids is 2. The van der Waals surface area contributed by atoms with Gasteiger partial charge in [0.25, 0.3) is 11.1 Å². The number of amides is 2. The van der Waals surface area contributed by atoms with E-state index in [0.717, 1.165) is 40.6 Å². The van der Waals surface area contributed by atoms with Gasteiger partial charge < -0.3 is 4.90 Å². The van der Waals surface area contributed by atoms with E-state index >= 15 is 0 Å². The van der Waals surface area contributed by atoms with Crippen molar-refractivity contribution in [2.75, 3.05) is 24.5 Å². The second-order valence-corrected chi connectivity index (χ2v) is 6.66. The summed E-state index contributed by atoms with van der Waals surface area (Å²) in [6.45, 7) is 8.31. The molecular formula is C16H19BrN2O2S. The van der Waals surface area contributed by atoms with Crippen LogP contribution in [0.1, 0.15) is 26.3 Å². The van der Waals surface area contributed by atoms with Crippen molar-refractivity contribution in [3.05, 3.63) is 33.1 Å². The predicted octanol–water partition coefficient (Wildman–Crippen LogP) is 4.35. The molecule has 6 heteroatoms. The quantitative estimate of drug-likeness (QED) is 0.709. The minimum Gasteiger partial charge on any atom is -0.371 e. The van der Waals surface area contributed by atoms with Crippen LogP contribution in [0.2, 0.25) is 0 Å². The monoisotopic (exact) mass is 382 g/mol. The van der Waals surface area contributed by atoms with Crippen molar-refractivity contribution in [1.29, 1.82) is 0 Å². The van der Waals surface area contributed by atoms with Gasteiger partial charge in [0.2, 0.25) is 0 Å². The summed E-state index contributed by atoms with van der Waals surface area (Å²) in [5.41, 5.74) is 2.04. The van der Waals surface area contributed by atoms with Crippen molar-refractivity contribution in [2.45, 2.75) is 20.8 Å². The Morgan fingerprint density at radius 2 is 1.91 bits per heavy atom. The van der Waals surface area contributed by atoms with E-state index in [9.17, 15) is 9.59 Å². The second kappa shape index (κ2) is 7.33. The van der Waals surface area contributed by atoms with Crippen LogP contribution in [0.15, 0.2) is 27.6 Å². The highest BCUT2D eigenvalue weighted by Gasteiger charge is 2.33. The SMILES string of the molecule is CCN1C(=O)S/C(=C/c2ccc(N(CC)CC)c(Br)c2)C1=O. The fourth-order valence-corrected chi connectivity index (χ4v) is 3.91. The van der Waals surface area contributed by atoms with Crippen molar-refractivity contribution < 1.29 is 9.59 Å². The van der Waals surface area contributed by atoms with Gasteiger partial charge in [0.1, 0.15) is 0 Å². The molecular weight excluding hydrogens is 364 g/mol. The zero-order chi connectivity index (χ0) is 16.3. The summed E-state index contributed by atoms with van der Waals surface area (Å²) in [4.78, 5) is 27.8. The maximum absolute atomic E-state index is 12.1. The number of carbonyl (C=O) groups is 2. The van der Waals surface area contributed by atoms with Gasteiger partial charge in [0.15, 0.2) is 0 Å². The number of halogens is 1. The number of thioether (sulfide) groups is 1. The van der Waals surface area contributed by atoms with Crippen LogP contribution in [0.4, 0.5) is 10.5 Å². The molecule has 4 nitrogen and oxygen atoms in total. The Morgan fingerprint density at radius 3 is 2.41 bits per heavy atom. The maximum Gasteiger partial charge on any atom is 0.293 e. The molecule has 2 rings (SSSR count). The maximum atomic E-state index is 12.1. The number of nitrogens with zero attached hydrogens (tertiary/aromatic N) is 2. The van der Waals surface area contributed by atoms with E-state index < -0.39 is 0 Å². The molecule has 1 fully saturated rings. The highest BCUT2D eigenvalue weighted by Crippen LogP contribution is 2.33. The van der Waals surface area contributed by atoms with E-state index in [-0.39, 0.29) is 11.1 Å². The first-order valence-electron chi connectivity index (χ1n) is 7.31. The molecule has 1 aromatic rings. The summed E-state index contributed by atoms with van der Waals surface area (Å²) in [7, 11) is 0. The average molecular weight is 383 g/mol. The van der Waals surface area contributed by atoms with Crippen molar-refractivity contribution >= 4 is 50.6 Å². The molecule has 0 unspecified atom stereocenters. The summed E-state index contributed by atoms with van der Waals surface area (Å²) in [6, 6.07) is 5.99. The van der Waals surface area contributed by atoms with E-state index in [4.69, 9.17) is 0 Å². The molecule has 0 aromatic heterocycles. The number of imide groups is 1. The minimum atomic E-state index is -0.207. The Bertz CT molecular complexity index is 627. The molecule has 1 saturated heterocycles. The molecule has 0 atom stereocenters. The highest BCUT2D eigenvalue weighted by atomic mass is 79.9. The highest BCUT2D eigenvalue weighted by molar-refractivity contribution is 9.10. The van der Waals surface area contributed by atoms with Crippen molar-refractivity contribution in [3.8, 4) is 0 Å². The predicted molar refractivity (Wildman–Crippen MR) is 96.1 cm³/mol. The number of likely N-dealkylation sites (N-methyl/N-ethyl adjacent to an activating group) is 1. The number of anilines is 1. The van der Waals surface area contributed by atoms with E-state index in [1.807, 2.05) is 18.2 Å². The van der Waals surface area contributed by atoms with E-state index in [2.05, 4.69) is 34.7 Å². The van der Waals surface area contributed by atoms with Crippen molar-refractivity contribution in [3.63, 3.8) is 0 Å². The van der Waals surface area contributed by atoms with E-state index in [0.29, 0.717) is 11.4 Å². The minimum absolute atomic E-state index is 0.197. The van der Waals surface area contributed by atoms with Crippen LogP contribution < -0.4 is 4.90 Å². The van der Waals surface area contributed by atoms with Crippen LogP contribution in [-0.2, 0) is 4.79 Å². The van der Waals surface area contributed by atoms with Gasteiger partial charge in [-0.1, -0.05) is 6.07 Å². The molecule has 1 aromatic carbocycles. The van der Waals surface area contributed by atoms with Gasteiger partial charge in [-0.05, 0) is 72.2 Å². The van der Waals surface area contributed by atoms with Crippen LogP contribution in [0, 0.1) is 0 Å². The van der Waals surface area contributed by atoms with Crippen LogP contribution in [0.5, 0.6) is 0 Å². The normalized spacial score (nSPS) is 16.7. The summed E-state index contributed by atoms with van der Waals surface area (Å²) in [5.74, 6) is -0.207. The molecule has 0 aliphatic carbocycles. The summed E-state index contributed by atoms with van der Waals surface area (Å²) < 4.78 is 0.986. The Hall–Kier alpha value is -1.27. The topological polar surface area (TPSA) is 40.6 Å². The third-order valence-electron chi connectivity index (χ3n) is 3.56. The lowest BCUT2D eigenvalue weighted by Gasteiger charge is -2.22. The van der Waals surface area contributed by atoms with Gasteiger partial charge in [-0.2, -0.15) is 0 Å². The van der Waals surface area contributed by atoms with Gasteiger partial charge in [0.05, 0.1) is 10.6 Å². The van der Waals surface area contributed by atoms with E-state index in [1.54, 1.807) is 13.0 Å². The molecule has 1 aliphatic rings. The first kappa shape index (κ1) is 17.1. The van der Waals surface area contributed by atoms with Gasteiger partial charge in [-0.15, -0.1) is 0 Å². The number of hydrogen-bond donors (Lipinski definition) is 0. The van der Waals surface area contributed by atoms with Crippen LogP contribution in [0.25, 0.3) is 6.08 Å². The van der Waals surface area contributed by atoms with Gasteiger partial charge >= 0.3 is 0 Å². The van der Waals surface area contributed by atoms with Gasteiger partial charge in [-0.25, -0.2) is 0 Å². The second-order valence-electron chi connectivity index (χ2n) is 4.81. The van der Waals surface area contributed by atoms with Crippen molar-refractivity contribution in [1.82, 2.24) is 4.90 Å². The molecule has 0 spiro atoms. The first-order valence-corrected chi connectivity index (χ1v) is 8.92. The summed E-state index contributed by atoms with van der Waals surface area (Å²) in [5, 5.41) is -0.197. The Labute approximate surface area is 143 Å². The first-order chi connectivity index (χ1) is 10.5. The molecule has 0 radical (unpaired) electrons. The molecule has 1 heterocycles. The molecule has 2 amide bonds. The number of rotatable bonds is 5. The molecule has 0 saturated carbocycles. The zero-order valence-electron chi connectivity index (χ0n) is 12.9. The third kappa shape index (κ3) is 3.38. The Kier molecular flexibility index (Phi) is 5.69. The Balaban J connectivity index is 2.28. The van der Waals surface area contributed by atoms with Crippen LogP contribution in [-0.4, -0.2) is 35.7 Å². The number of benzene rings is 1. The lowest BCUT2D eigenvalue weighted by atomic mass is 10.1. The molecule has 22 heavy (non-hydrogen) atoms. The summed E-state index contributed by atoms with van der Waals surface area (Å²) >= 11 is 4.59. The van der Waals surface area contributed by atoms with Crippen LogP contribution >= 0.6 is 27.7 Å². The molecule has 118 valence electrons. The smallest absolute Gasteiger partial charge is 0.293 e. The molecule has 1 aliphatic heterocycles. The zero-order valence-corrected chi connectivity index (χ0v) is 15.3. The lowest BCUT2D eigenvalue weighted by molar-refractivity contribution is -0.122. The number of hydrogen-bond acceptors (Lipinski definition) is 4. The standard InChI is InChI=1S/C16H19BrN2O2S/c1-4-18(5-2)13-8-7-11(9-12(13)17)10-14-15(20)19(6-3)16(21)22-14/h7-10H,4-6H2,1-3H3/b14-10+. The largest absolute Gasteiger partial charge is 0.371 e. The van der Waals surface area contributed by atoms with Gasteiger partial charge in [0, 0.05) is 24.1 Å². The average Bonchev–Trinajstić information content (AvgIpc) is 2.76. The van der Waals surface area contributed by atoms with Gasteiger partial charge in [-0.3, -0.25) is 14.5 Å².